The number of carbonyl (C=O) groups excluding carboxylic acids is 1. The molecule has 1 saturated heterocycles. The fourth-order valence-corrected chi connectivity index (χ4v) is 2.50. The van der Waals surface area contributed by atoms with Gasteiger partial charge in [0.1, 0.15) is 5.69 Å². The molecule has 1 aromatic carbocycles. The lowest BCUT2D eigenvalue weighted by atomic mass is 10.1. The number of nitrogens with zero attached hydrogens (tertiary/aromatic N) is 1. The van der Waals surface area contributed by atoms with Crippen LogP contribution in [0.5, 0.6) is 5.75 Å². The monoisotopic (exact) mass is 293 g/mol. The van der Waals surface area contributed by atoms with Gasteiger partial charge in [-0.1, -0.05) is 0 Å². The Kier molecular flexibility index (Phi) is 3.38. The highest BCUT2D eigenvalue weighted by Crippen LogP contribution is 2.38. The van der Waals surface area contributed by atoms with Crippen LogP contribution in [-0.2, 0) is 9.53 Å². The van der Waals surface area contributed by atoms with Crippen LogP contribution in [0.3, 0.4) is 0 Å². The second-order valence-corrected chi connectivity index (χ2v) is 5.07. The summed E-state index contributed by atoms with van der Waals surface area (Å²) in [5.41, 5.74) is 0.710. The minimum Gasteiger partial charge on any atom is -0.481 e. The van der Waals surface area contributed by atoms with Crippen LogP contribution in [-0.4, -0.2) is 36.2 Å². The van der Waals surface area contributed by atoms with Crippen molar-refractivity contribution in [2.45, 2.75) is 25.5 Å². The third-order valence-corrected chi connectivity index (χ3v) is 3.64. The van der Waals surface area contributed by atoms with E-state index in [1.165, 1.54) is 12.1 Å². The topological polar surface area (TPSA) is 103 Å². The summed E-state index contributed by atoms with van der Waals surface area (Å²) in [6.07, 6.45) is 0.754. The molecule has 8 heteroatoms. The van der Waals surface area contributed by atoms with E-state index in [0.29, 0.717) is 23.7 Å². The van der Waals surface area contributed by atoms with E-state index in [2.05, 4.69) is 10.6 Å². The largest absolute Gasteiger partial charge is 0.481 e. The number of nitro groups is 1. The molecule has 1 fully saturated rings. The first kappa shape index (κ1) is 13.6. The van der Waals surface area contributed by atoms with E-state index < -0.39 is 4.92 Å². The molecule has 2 aliphatic rings. The van der Waals surface area contributed by atoms with Crippen LogP contribution in [0.1, 0.15) is 13.3 Å². The molecule has 1 amide bonds. The molecular weight excluding hydrogens is 278 g/mol. The molecule has 0 saturated carbocycles. The zero-order valence-electron chi connectivity index (χ0n) is 11.4. The summed E-state index contributed by atoms with van der Waals surface area (Å²) < 4.78 is 10.6. The molecule has 8 nitrogen and oxygen atoms in total. The van der Waals surface area contributed by atoms with Crippen LogP contribution in [0.4, 0.5) is 17.1 Å². The lowest BCUT2D eigenvalue weighted by molar-refractivity contribution is -0.384. The number of anilines is 2. The molecule has 0 aromatic heterocycles. The zero-order valence-corrected chi connectivity index (χ0v) is 11.4. The standard InChI is InChI=1S/C13H15N3O5/c1-7-8(2-3-20-7)14-9-4-10-12(5-11(9)16(18)19)21-6-13(17)15-10/h4-5,7-8,14H,2-3,6H2,1H3,(H,15,17). The molecule has 2 heterocycles. The van der Waals surface area contributed by atoms with Crippen LogP contribution < -0.4 is 15.4 Å². The van der Waals surface area contributed by atoms with E-state index in [-0.39, 0.29) is 30.3 Å². The van der Waals surface area contributed by atoms with Gasteiger partial charge in [0.25, 0.3) is 11.6 Å². The van der Waals surface area contributed by atoms with E-state index in [1.807, 2.05) is 6.92 Å². The molecule has 112 valence electrons. The third-order valence-electron chi connectivity index (χ3n) is 3.64. The smallest absolute Gasteiger partial charge is 0.296 e. The maximum absolute atomic E-state index is 11.3. The summed E-state index contributed by atoms with van der Waals surface area (Å²) in [7, 11) is 0. The van der Waals surface area contributed by atoms with Gasteiger partial charge in [-0.25, -0.2) is 0 Å². The first-order chi connectivity index (χ1) is 10.0. The summed E-state index contributed by atoms with van der Waals surface area (Å²) in [6.45, 7) is 2.40. The van der Waals surface area contributed by atoms with Gasteiger partial charge >= 0.3 is 0 Å². The molecule has 2 unspecified atom stereocenters. The average Bonchev–Trinajstić information content (AvgIpc) is 2.83. The van der Waals surface area contributed by atoms with Crippen LogP contribution >= 0.6 is 0 Å². The Balaban J connectivity index is 1.95. The second-order valence-electron chi connectivity index (χ2n) is 5.07. The van der Waals surface area contributed by atoms with Crippen molar-refractivity contribution in [3.8, 4) is 5.75 Å². The Morgan fingerprint density at radius 3 is 2.95 bits per heavy atom. The van der Waals surface area contributed by atoms with Crippen molar-refractivity contribution < 1.29 is 19.2 Å². The molecule has 0 spiro atoms. The van der Waals surface area contributed by atoms with E-state index >= 15 is 0 Å². The SMILES string of the molecule is CC1OCCC1Nc1cc2c(cc1[N+](=O)[O-])OCC(=O)N2. The highest BCUT2D eigenvalue weighted by molar-refractivity contribution is 5.96. The van der Waals surface area contributed by atoms with Gasteiger partial charge in [0.2, 0.25) is 0 Å². The molecule has 2 atom stereocenters. The number of nitrogens with one attached hydrogen (secondary N) is 2. The van der Waals surface area contributed by atoms with Crippen LogP contribution in [0, 0.1) is 10.1 Å². The zero-order chi connectivity index (χ0) is 15.0. The van der Waals surface area contributed by atoms with Gasteiger partial charge in [0.15, 0.2) is 12.4 Å². The predicted molar refractivity (Wildman–Crippen MR) is 74.7 cm³/mol. The van der Waals surface area contributed by atoms with E-state index in [9.17, 15) is 14.9 Å². The minimum absolute atomic E-state index is 0.00182. The van der Waals surface area contributed by atoms with Gasteiger partial charge in [-0.3, -0.25) is 14.9 Å². The number of hydrogen-bond acceptors (Lipinski definition) is 6. The van der Waals surface area contributed by atoms with Crippen molar-refractivity contribution in [3.63, 3.8) is 0 Å². The molecule has 2 aliphatic heterocycles. The highest BCUT2D eigenvalue weighted by atomic mass is 16.6. The van der Waals surface area contributed by atoms with Gasteiger partial charge < -0.3 is 20.1 Å². The maximum Gasteiger partial charge on any atom is 0.296 e. The van der Waals surface area contributed by atoms with Crippen LogP contribution in [0.15, 0.2) is 12.1 Å². The number of rotatable bonds is 3. The first-order valence-corrected chi connectivity index (χ1v) is 6.68. The molecule has 0 aliphatic carbocycles. The number of nitro benzene ring substituents is 1. The van der Waals surface area contributed by atoms with E-state index in [0.717, 1.165) is 6.42 Å². The number of hydrogen-bond donors (Lipinski definition) is 2. The predicted octanol–water partition coefficient (Wildman–Crippen LogP) is 1.51. The van der Waals surface area contributed by atoms with E-state index in [1.54, 1.807) is 0 Å². The molecule has 0 radical (unpaired) electrons. The van der Waals surface area contributed by atoms with Gasteiger partial charge in [0.05, 0.1) is 28.8 Å². The van der Waals surface area contributed by atoms with Crippen LogP contribution in [0.25, 0.3) is 0 Å². The van der Waals surface area contributed by atoms with Gasteiger partial charge in [0, 0.05) is 6.61 Å². The molecule has 0 bridgehead atoms. The number of carbonyl (C=O) groups is 1. The van der Waals surface area contributed by atoms with Gasteiger partial charge in [-0.15, -0.1) is 0 Å². The molecule has 1 aromatic rings. The van der Waals surface area contributed by atoms with Crippen molar-refractivity contribution >= 4 is 23.0 Å². The highest BCUT2D eigenvalue weighted by Gasteiger charge is 2.29. The quantitative estimate of drug-likeness (QED) is 0.647. The van der Waals surface area contributed by atoms with Gasteiger partial charge in [-0.05, 0) is 19.4 Å². The van der Waals surface area contributed by atoms with Gasteiger partial charge in [-0.2, -0.15) is 0 Å². The average molecular weight is 293 g/mol. The summed E-state index contributed by atoms with van der Waals surface area (Å²) in [6, 6.07) is 2.87. The molecule has 21 heavy (non-hydrogen) atoms. The first-order valence-electron chi connectivity index (χ1n) is 6.68. The molecular formula is C13H15N3O5. The second kappa shape index (κ2) is 5.21. The third kappa shape index (κ3) is 2.62. The summed E-state index contributed by atoms with van der Waals surface area (Å²) in [5, 5.41) is 17.0. The van der Waals surface area contributed by atoms with Crippen LogP contribution in [0.2, 0.25) is 0 Å². The molecule has 3 rings (SSSR count). The molecule has 2 N–H and O–H groups in total. The Morgan fingerprint density at radius 2 is 2.29 bits per heavy atom. The number of amides is 1. The van der Waals surface area contributed by atoms with Crippen molar-refractivity contribution in [1.82, 2.24) is 0 Å². The van der Waals surface area contributed by atoms with Crippen molar-refractivity contribution in [1.29, 1.82) is 0 Å². The Bertz CT molecular complexity index is 604. The Labute approximate surface area is 120 Å². The lowest BCUT2D eigenvalue weighted by Gasteiger charge is -2.21. The number of fused-ring (bicyclic) bond motifs is 1. The fourth-order valence-electron chi connectivity index (χ4n) is 2.50. The van der Waals surface area contributed by atoms with E-state index in [4.69, 9.17) is 9.47 Å². The fraction of sp³-hybridized carbons (Fsp3) is 0.462. The normalized spacial score (nSPS) is 24.0. The summed E-state index contributed by atoms with van der Waals surface area (Å²) in [4.78, 5) is 22.1. The minimum atomic E-state index is -0.469. The summed E-state index contributed by atoms with van der Waals surface area (Å²) >= 11 is 0. The number of benzene rings is 1. The lowest BCUT2D eigenvalue weighted by Crippen LogP contribution is -2.28. The Morgan fingerprint density at radius 1 is 1.48 bits per heavy atom. The number of ether oxygens (including phenoxy) is 2. The maximum atomic E-state index is 11.3. The summed E-state index contributed by atoms with van der Waals surface area (Å²) in [5.74, 6) is 0.0300. The van der Waals surface area contributed by atoms with Crippen molar-refractivity contribution in [2.75, 3.05) is 23.8 Å². The van der Waals surface area contributed by atoms with Crippen molar-refractivity contribution in [2.24, 2.45) is 0 Å². The van der Waals surface area contributed by atoms with Crippen molar-refractivity contribution in [3.05, 3.63) is 22.2 Å². The Hall–Kier alpha value is -2.35.